The van der Waals surface area contributed by atoms with Crippen molar-refractivity contribution in [3.8, 4) is 75.0 Å². The molecule has 0 aliphatic carbocycles. The minimum absolute atomic E-state index is 0.324. The first kappa shape index (κ1) is 30.4. The van der Waals surface area contributed by atoms with Gasteiger partial charge in [-0.3, -0.25) is 0 Å². The van der Waals surface area contributed by atoms with Crippen molar-refractivity contribution in [2.45, 2.75) is 0 Å². The zero-order valence-electron chi connectivity index (χ0n) is 26.6. The Morgan fingerprint density at radius 1 is 0.431 bits per heavy atom. The third kappa shape index (κ3) is 5.27. The highest BCUT2D eigenvalue weighted by Gasteiger charge is 2.20. The molecule has 51 heavy (non-hydrogen) atoms. The van der Waals surface area contributed by atoms with Crippen molar-refractivity contribution in [2.24, 2.45) is 0 Å². The lowest BCUT2D eigenvalue weighted by atomic mass is 9.98. The second-order valence-electron chi connectivity index (χ2n) is 11.7. The quantitative estimate of drug-likeness (QED) is 0.180. The van der Waals surface area contributed by atoms with Crippen LogP contribution < -0.4 is 0 Å². The molecule has 9 heteroatoms. The number of rotatable bonds is 5. The fraction of sp³-hybridized carbons (Fsp3) is 0. The van der Waals surface area contributed by atoms with Gasteiger partial charge in [-0.15, -0.1) is 0 Å². The molecule has 0 aliphatic heterocycles. The molecule has 0 spiro atoms. The number of fused-ring (bicyclic) bond motifs is 3. The number of nitrogens with zero attached hydrogens (tertiary/aromatic N) is 9. The molecule has 0 fully saturated rings. The Labute approximate surface area is 291 Å². The van der Waals surface area contributed by atoms with Gasteiger partial charge in [0.15, 0.2) is 11.6 Å². The van der Waals surface area contributed by atoms with E-state index in [1.807, 2.05) is 66.7 Å². The Morgan fingerprint density at radius 2 is 0.902 bits per heavy atom. The van der Waals surface area contributed by atoms with Gasteiger partial charge in [-0.2, -0.15) is 21.0 Å². The summed E-state index contributed by atoms with van der Waals surface area (Å²) in [4.78, 5) is 18.0. The van der Waals surface area contributed by atoms with Crippen LogP contribution in [0.3, 0.4) is 0 Å². The monoisotopic (exact) mass is 651 g/mol. The summed E-state index contributed by atoms with van der Waals surface area (Å²) in [6.07, 6.45) is 5.91. The first-order valence-corrected chi connectivity index (χ1v) is 15.8. The van der Waals surface area contributed by atoms with Crippen LogP contribution in [0, 0.1) is 45.3 Å². The third-order valence-corrected chi connectivity index (χ3v) is 8.78. The maximum atomic E-state index is 9.93. The summed E-state index contributed by atoms with van der Waals surface area (Å²) < 4.78 is 2.14. The Bertz CT molecular complexity index is 2730. The zero-order chi connectivity index (χ0) is 34.9. The Balaban J connectivity index is 1.46. The van der Waals surface area contributed by atoms with Crippen molar-refractivity contribution in [1.29, 1.82) is 21.0 Å². The first-order chi connectivity index (χ1) is 25.1. The minimum Gasteiger partial charge on any atom is -0.308 e. The van der Waals surface area contributed by atoms with E-state index in [4.69, 9.17) is 0 Å². The molecule has 0 saturated carbocycles. The lowest BCUT2D eigenvalue weighted by molar-refractivity contribution is 1.12. The van der Waals surface area contributed by atoms with Gasteiger partial charge >= 0.3 is 0 Å². The highest BCUT2D eigenvalue weighted by Crippen LogP contribution is 2.40. The van der Waals surface area contributed by atoms with Crippen LogP contribution in [0.2, 0.25) is 0 Å². The zero-order valence-corrected chi connectivity index (χ0v) is 26.6. The molecule has 3 aromatic heterocycles. The Morgan fingerprint density at radius 3 is 1.39 bits per heavy atom. The third-order valence-electron chi connectivity index (χ3n) is 8.78. The van der Waals surface area contributed by atoms with E-state index in [2.05, 4.69) is 73.0 Å². The molecule has 0 amide bonds. The van der Waals surface area contributed by atoms with Gasteiger partial charge in [-0.1, -0.05) is 60.7 Å². The predicted molar refractivity (Wildman–Crippen MR) is 193 cm³/mol. The summed E-state index contributed by atoms with van der Waals surface area (Å²) in [5.74, 6) is 0.801. The summed E-state index contributed by atoms with van der Waals surface area (Å²) in [6, 6.07) is 41.9. The van der Waals surface area contributed by atoms with E-state index >= 15 is 0 Å². The van der Waals surface area contributed by atoms with Crippen molar-refractivity contribution in [2.75, 3.05) is 0 Å². The molecular formula is C42H21N9. The van der Waals surface area contributed by atoms with Crippen molar-refractivity contribution in [1.82, 2.24) is 24.5 Å². The highest BCUT2D eigenvalue weighted by atomic mass is 15.0. The van der Waals surface area contributed by atoms with E-state index in [1.54, 1.807) is 12.1 Å². The van der Waals surface area contributed by atoms with E-state index in [9.17, 15) is 21.0 Å². The second kappa shape index (κ2) is 12.6. The smallest absolute Gasteiger partial charge is 0.161 e. The van der Waals surface area contributed by atoms with Gasteiger partial charge in [-0.05, 0) is 64.7 Å². The van der Waals surface area contributed by atoms with Crippen molar-refractivity contribution in [3.63, 3.8) is 0 Å². The van der Waals surface area contributed by atoms with Gasteiger partial charge in [0.2, 0.25) is 0 Å². The van der Waals surface area contributed by atoms with Gasteiger partial charge in [-0.25, -0.2) is 19.9 Å². The van der Waals surface area contributed by atoms with E-state index in [-0.39, 0.29) is 0 Å². The van der Waals surface area contributed by atoms with Crippen molar-refractivity contribution < 1.29 is 0 Å². The van der Waals surface area contributed by atoms with Crippen LogP contribution in [-0.2, 0) is 0 Å². The number of hydrogen-bond donors (Lipinski definition) is 0. The summed E-state index contributed by atoms with van der Waals surface area (Å²) >= 11 is 0. The summed E-state index contributed by atoms with van der Waals surface area (Å²) in [7, 11) is 0. The summed E-state index contributed by atoms with van der Waals surface area (Å²) in [5.41, 5.74) is 8.98. The van der Waals surface area contributed by atoms with E-state index < -0.39 is 0 Å². The van der Waals surface area contributed by atoms with Crippen LogP contribution in [-0.4, -0.2) is 24.5 Å². The van der Waals surface area contributed by atoms with Crippen LogP contribution in [0.1, 0.15) is 22.3 Å². The molecule has 8 rings (SSSR count). The molecule has 0 saturated heterocycles. The van der Waals surface area contributed by atoms with E-state index in [0.717, 1.165) is 49.7 Å². The molecule has 0 unspecified atom stereocenters. The molecule has 0 bridgehead atoms. The van der Waals surface area contributed by atoms with E-state index in [1.165, 1.54) is 24.8 Å². The predicted octanol–water partition coefficient (Wildman–Crippen LogP) is 8.52. The molecule has 0 aliphatic rings. The summed E-state index contributed by atoms with van der Waals surface area (Å²) in [5, 5.41) is 40.6. The standard InChI is InChI=1S/C42H21N9/c43-18-26-22-47-41(48-23-26)30-11-14-38(37(15-30)42-49-24-27(19-44)25-50-42)51-39-16-28(33-7-3-1-5-31(33)20-45)9-12-35(39)36-13-10-29(17-40(36)51)34-8-4-2-6-32(34)21-46/h1-17,22-25H. The molecule has 0 N–H and O–H groups in total. The van der Waals surface area contributed by atoms with Gasteiger partial charge in [0.1, 0.15) is 12.1 Å². The topological polar surface area (TPSA) is 152 Å². The number of hydrogen-bond acceptors (Lipinski definition) is 8. The second-order valence-corrected chi connectivity index (χ2v) is 11.7. The van der Waals surface area contributed by atoms with Gasteiger partial charge in [0.05, 0.1) is 51.1 Å². The van der Waals surface area contributed by atoms with Gasteiger partial charge in [0, 0.05) is 46.7 Å². The molecule has 5 aromatic carbocycles. The number of benzene rings is 5. The number of aromatic nitrogens is 5. The molecule has 8 aromatic rings. The lowest BCUT2D eigenvalue weighted by Crippen LogP contribution is -2.01. The fourth-order valence-electron chi connectivity index (χ4n) is 6.39. The van der Waals surface area contributed by atoms with Gasteiger partial charge < -0.3 is 4.57 Å². The molecule has 0 atom stereocenters. The average Bonchev–Trinajstić information content (AvgIpc) is 3.53. The number of nitriles is 4. The molecule has 3 heterocycles. The van der Waals surface area contributed by atoms with E-state index in [0.29, 0.717) is 45.0 Å². The first-order valence-electron chi connectivity index (χ1n) is 15.8. The normalized spacial score (nSPS) is 10.7. The maximum absolute atomic E-state index is 9.93. The van der Waals surface area contributed by atoms with Gasteiger partial charge in [0.25, 0.3) is 0 Å². The van der Waals surface area contributed by atoms with Crippen LogP contribution in [0.5, 0.6) is 0 Å². The SMILES string of the molecule is N#Cc1cnc(-c2ccc(-n3c4cc(-c5ccccc5C#N)ccc4c4ccc(-c5ccccc5C#N)cc43)c(-c3ncc(C#N)cn3)c2)nc1. The summed E-state index contributed by atoms with van der Waals surface area (Å²) in [6.45, 7) is 0. The molecule has 9 nitrogen and oxygen atoms in total. The van der Waals surface area contributed by atoms with Crippen molar-refractivity contribution in [3.05, 3.63) is 150 Å². The average molecular weight is 652 g/mol. The van der Waals surface area contributed by atoms with Crippen LogP contribution in [0.15, 0.2) is 128 Å². The fourth-order valence-corrected chi connectivity index (χ4v) is 6.39. The maximum Gasteiger partial charge on any atom is 0.161 e. The molecule has 0 radical (unpaired) electrons. The Hall–Kier alpha value is -7.98. The molecular weight excluding hydrogens is 631 g/mol. The van der Waals surface area contributed by atoms with Crippen LogP contribution in [0.4, 0.5) is 0 Å². The minimum atomic E-state index is 0.324. The Kier molecular flexibility index (Phi) is 7.48. The lowest BCUT2D eigenvalue weighted by Gasteiger charge is -2.15. The van der Waals surface area contributed by atoms with Crippen LogP contribution >= 0.6 is 0 Å². The highest BCUT2D eigenvalue weighted by molar-refractivity contribution is 6.11. The molecule has 234 valence electrons. The van der Waals surface area contributed by atoms with Crippen LogP contribution in [0.25, 0.3) is 72.5 Å². The largest absolute Gasteiger partial charge is 0.308 e. The van der Waals surface area contributed by atoms with Crippen molar-refractivity contribution >= 4 is 21.8 Å².